The SMILES string of the molecule is CC(O)Cc1ccc(-c2nc3n(c(=O)c2C#N)CCCS3)cn1. The lowest BCUT2D eigenvalue weighted by Crippen LogP contribution is -2.28. The minimum atomic E-state index is -0.467. The molecule has 118 valence electrons. The molecule has 6 nitrogen and oxygen atoms in total. The van der Waals surface area contributed by atoms with Gasteiger partial charge < -0.3 is 5.11 Å². The Hall–Kier alpha value is -2.17. The maximum absolute atomic E-state index is 12.5. The highest BCUT2D eigenvalue weighted by atomic mass is 32.2. The summed E-state index contributed by atoms with van der Waals surface area (Å²) in [5, 5.41) is 19.4. The van der Waals surface area contributed by atoms with Crippen LogP contribution in [0, 0.1) is 11.3 Å². The summed E-state index contributed by atoms with van der Waals surface area (Å²) in [5.74, 6) is 0.920. The summed E-state index contributed by atoms with van der Waals surface area (Å²) in [5.41, 5.74) is 1.55. The summed E-state index contributed by atoms with van der Waals surface area (Å²) >= 11 is 1.53. The number of pyridine rings is 1. The Kier molecular flexibility index (Phi) is 4.46. The second-order valence-electron chi connectivity index (χ2n) is 5.48. The number of hydrogen-bond acceptors (Lipinski definition) is 6. The first kappa shape index (κ1) is 15.7. The van der Waals surface area contributed by atoms with Gasteiger partial charge in [0, 0.05) is 36.2 Å². The molecule has 7 heteroatoms. The van der Waals surface area contributed by atoms with Crippen molar-refractivity contribution in [3.8, 4) is 17.3 Å². The highest BCUT2D eigenvalue weighted by Gasteiger charge is 2.20. The summed E-state index contributed by atoms with van der Waals surface area (Å²) in [4.78, 5) is 21.3. The van der Waals surface area contributed by atoms with Gasteiger partial charge in [-0.25, -0.2) is 4.98 Å². The van der Waals surface area contributed by atoms with E-state index in [9.17, 15) is 15.2 Å². The maximum atomic E-state index is 12.5. The largest absolute Gasteiger partial charge is 0.393 e. The van der Waals surface area contributed by atoms with Crippen LogP contribution in [0.1, 0.15) is 24.6 Å². The van der Waals surface area contributed by atoms with Gasteiger partial charge in [0.15, 0.2) is 5.16 Å². The number of aliphatic hydroxyl groups excluding tert-OH is 1. The molecule has 0 radical (unpaired) electrons. The molecule has 0 bridgehead atoms. The number of nitriles is 1. The number of aliphatic hydroxyl groups is 1. The van der Waals surface area contributed by atoms with E-state index in [1.807, 2.05) is 6.07 Å². The molecule has 0 saturated heterocycles. The molecule has 1 atom stereocenters. The zero-order valence-electron chi connectivity index (χ0n) is 12.7. The second-order valence-corrected chi connectivity index (χ2v) is 6.54. The molecule has 0 fully saturated rings. The minimum absolute atomic E-state index is 0.0568. The standard InChI is InChI=1S/C16H16N4O2S/c1-10(21)7-12-4-3-11(9-18-12)14-13(8-17)15(22)20-5-2-6-23-16(20)19-14/h3-4,9-10,21H,2,5-7H2,1H3. The van der Waals surface area contributed by atoms with E-state index in [1.54, 1.807) is 29.8 Å². The molecule has 2 aromatic heterocycles. The van der Waals surface area contributed by atoms with Crippen LogP contribution in [0.3, 0.4) is 0 Å². The molecular formula is C16H16N4O2S. The Morgan fingerprint density at radius 2 is 2.35 bits per heavy atom. The molecule has 3 rings (SSSR count). The van der Waals surface area contributed by atoms with Gasteiger partial charge in [-0.3, -0.25) is 14.3 Å². The Labute approximate surface area is 137 Å². The normalized spacial score (nSPS) is 14.8. The molecule has 0 saturated carbocycles. The molecule has 0 spiro atoms. The third kappa shape index (κ3) is 3.14. The lowest BCUT2D eigenvalue weighted by molar-refractivity contribution is 0.194. The molecule has 3 heterocycles. The quantitative estimate of drug-likeness (QED) is 0.860. The van der Waals surface area contributed by atoms with Gasteiger partial charge in [0.25, 0.3) is 5.56 Å². The molecular weight excluding hydrogens is 312 g/mol. The first-order valence-electron chi connectivity index (χ1n) is 7.41. The molecule has 1 N–H and O–H groups in total. The van der Waals surface area contributed by atoms with Crippen molar-refractivity contribution in [2.75, 3.05) is 5.75 Å². The van der Waals surface area contributed by atoms with E-state index < -0.39 is 6.10 Å². The number of nitrogens with zero attached hydrogens (tertiary/aromatic N) is 4. The Morgan fingerprint density at radius 1 is 1.52 bits per heavy atom. The van der Waals surface area contributed by atoms with Gasteiger partial charge in [-0.15, -0.1) is 0 Å². The van der Waals surface area contributed by atoms with Gasteiger partial charge in [-0.2, -0.15) is 5.26 Å². The van der Waals surface area contributed by atoms with Crippen molar-refractivity contribution in [3.63, 3.8) is 0 Å². The number of thioether (sulfide) groups is 1. The van der Waals surface area contributed by atoms with Crippen LogP contribution in [-0.2, 0) is 13.0 Å². The van der Waals surface area contributed by atoms with Gasteiger partial charge in [-0.1, -0.05) is 11.8 Å². The summed E-state index contributed by atoms with van der Waals surface area (Å²) in [6, 6.07) is 5.56. The van der Waals surface area contributed by atoms with E-state index in [-0.39, 0.29) is 11.1 Å². The first-order valence-corrected chi connectivity index (χ1v) is 8.40. The monoisotopic (exact) mass is 328 g/mol. The average Bonchev–Trinajstić information content (AvgIpc) is 2.55. The number of rotatable bonds is 3. The van der Waals surface area contributed by atoms with E-state index in [1.165, 1.54) is 11.8 Å². The molecule has 1 aliphatic rings. The predicted molar refractivity (Wildman–Crippen MR) is 87.2 cm³/mol. The third-order valence-corrected chi connectivity index (χ3v) is 4.67. The summed E-state index contributed by atoms with van der Waals surface area (Å²) in [6.07, 6.45) is 2.50. The summed E-state index contributed by atoms with van der Waals surface area (Å²) < 4.78 is 1.57. The number of aromatic nitrogens is 3. The molecule has 23 heavy (non-hydrogen) atoms. The molecule has 0 amide bonds. The van der Waals surface area contributed by atoms with Crippen molar-refractivity contribution >= 4 is 11.8 Å². The van der Waals surface area contributed by atoms with Crippen LogP contribution < -0.4 is 5.56 Å². The van der Waals surface area contributed by atoms with Crippen LogP contribution in [-0.4, -0.2) is 31.5 Å². The van der Waals surface area contributed by atoms with Crippen molar-refractivity contribution in [3.05, 3.63) is 39.9 Å². The van der Waals surface area contributed by atoms with E-state index in [0.29, 0.717) is 29.4 Å². The molecule has 1 aliphatic heterocycles. The van der Waals surface area contributed by atoms with Crippen LogP contribution in [0.25, 0.3) is 11.3 Å². The average molecular weight is 328 g/mol. The van der Waals surface area contributed by atoms with E-state index in [4.69, 9.17) is 0 Å². The summed E-state index contributed by atoms with van der Waals surface area (Å²) in [7, 11) is 0. The lowest BCUT2D eigenvalue weighted by atomic mass is 10.1. The molecule has 2 aromatic rings. The maximum Gasteiger partial charge on any atom is 0.272 e. The van der Waals surface area contributed by atoms with Crippen molar-refractivity contribution < 1.29 is 5.11 Å². The van der Waals surface area contributed by atoms with Crippen LogP contribution >= 0.6 is 11.8 Å². The van der Waals surface area contributed by atoms with E-state index in [0.717, 1.165) is 17.9 Å². The Bertz CT molecular complexity index is 822. The Morgan fingerprint density at radius 3 is 3.00 bits per heavy atom. The second kappa shape index (κ2) is 6.52. The van der Waals surface area contributed by atoms with Gasteiger partial charge in [0.05, 0.1) is 11.8 Å². The van der Waals surface area contributed by atoms with Crippen molar-refractivity contribution in [2.24, 2.45) is 0 Å². The van der Waals surface area contributed by atoms with Crippen LogP contribution in [0.2, 0.25) is 0 Å². The van der Waals surface area contributed by atoms with Gasteiger partial charge in [0.2, 0.25) is 0 Å². The first-order chi connectivity index (χ1) is 11.1. The molecule has 0 aliphatic carbocycles. The molecule has 1 unspecified atom stereocenters. The van der Waals surface area contributed by atoms with Gasteiger partial charge in [-0.05, 0) is 25.5 Å². The fraction of sp³-hybridized carbons (Fsp3) is 0.375. The highest BCUT2D eigenvalue weighted by Crippen LogP contribution is 2.26. The van der Waals surface area contributed by atoms with Crippen molar-refractivity contribution in [1.29, 1.82) is 5.26 Å². The summed E-state index contributed by atoms with van der Waals surface area (Å²) in [6.45, 7) is 2.31. The fourth-order valence-electron chi connectivity index (χ4n) is 2.53. The van der Waals surface area contributed by atoms with Crippen LogP contribution in [0.4, 0.5) is 0 Å². The molecule has 0 aromatic carbocycles. The number of fused-ring (bicyclic) bond motifs is 1. The zero-order valence-corrected chi connectivity index (χ0v) is 13.5. The minimum Gasteiger partial charge on any atom is -0.393 e. The van der Waals surface area contributed by atoms with E-state index in [2.05, 4.69) is 9.97 Å². The smallest absolute Gasteiger partial charge is 0.272 e. The zero-order chi connectivity index (χ0) is 16.4. The Balaban J connectivity index is 2.07. The van der Waals surface area contributed by atoms with Gasteiger partial charge in [0.1, 0.15) is 11.6 Å². The van der Waals surface area contributed by atoms with Crippen molar-refractivity contribution in [2.45, 2.75) is 37.6 Å². The van der Waals surface area contributed by atoms with Crippen LogP contribution in [0.15, 0.2) is 28.3 Å². The third-order valence-electron chi connectivity index (χ3n) is 3.61. The fourth-order valence-corrected chi connectivity index (χ4v) is 3.47. The number of hydrogen-bond donors (Lipinski definition) is 1. The lowest BCUT2D eigenvalue weighted by Gasteiger charge is -2.18. The van der Waals surface area contributed by atoms with Crippen LogP contribution in [0.5, 0.6) is 0 Å². The highest BCUT2D eigenvalue weighted by molar-refractivity contribution is 7.99. The van der Waals surface area contributed by atoms with Crippen molar-refractivity contribution in [1.82, 2.24) is 14.5 Å². The van der Waals surface area contributed by atoms with Gasteiger partial charge >= 0.3 is 0 Å². The topological polar surface area (TPSA) is 91.8 Å². The van der Waals surface area contributed by atoms with E-state index >= 15 is 0 Å². The predicted octanol–water partition coefficient (Wildman–Crippen LogP) is 1.60.